The molecule has 1 atom stereocenters. The van der Waals surface area contributed by atoms with Crippen molar-refractivity contribution in [2.24, 2.45) is 5.92 Å². The summed E-state index contributed by atoms with van der Waals surface area (Å²) in [4.78, 5) is 14.0. The van der Waals surface area contributed by atoms with Gasteiger partial charge in [0.1, 0.15) is 5.75 Å². The van der Waals surface area contributed by atoms with Crippen LogP contribution in [0.1, 0.15) is 16.8 Å². The smallest absolute Gasteiger partial charge is 0.387 e. The molecule has 3 nitrogen and oxygen atoms in total. The average Bonchev–Trinajstić information content (AvgIpc) is 2.86. The van der Waals surface area contributed by atoms with Crippen molar-refractivity contribution in [3.05, 3.63) is 29.8 Å². The molecule has 1 unspecified atom stereocenters. The number of alkyl halides is 3. The Hall–Kier alpha value is -1.17. The van der Waals surface area contributed by atoms with E-state index >= 15 is 0 Å². The maximum atomic E-state index is 12.3. The fourth-order valence-electron chi connectivity index (χ4n) is 2.16. The summed E-state index contributed by atoms with van der Waals surface area (Å²) in [6.07, 6.45) is 0.925. The lowest BCUT2D eigenvalue weighted by atomic mass is 10.1. The van der Waals surface area contributed by atoms with E-state index in [1.807, 2.05) is 0 Å². The Morgan fingerprint density at radius 1 is 1.47 bits per heavy atom. The van der Waals surface area contributed by atoms with Crippen LogP contribution in [0.5, 0.6) is 5.75 Å². The number of benzene rings is 1. The van der Waals surface area contributed by atoms with Crippen molar-refractivity contribution in [3.63, 3.8) is 0 Å². The van der Waals surface area contributed by atoms with E-state index < -0.39 is 6.61 Å². The van der Waals surface area contributed by atoms with Gasteiger partial charge in [-0.1, -0.05) is 28.1 Å². The lowest BCUT2D eigenvalue weighted by molar-refractivity contribution is -0.0502. The third-order valence-corrected chi connectivity index (χ3v) is 4.04. The van der Waals surface area contributed by atoms with Gasteiger partial charge in [-0.05, 0) is 24.5 Å². The number of rotatable bonds is 4. The summed E-state index contributed by atoms with van der Waals surface area (Å²) >= 11 is 3.39. The summed E-state index contributed by atoms with van der Waals surface area (Å²) in [5, 5.41) is 0.839. The number of hydrogen-bond donors (Lipinski definition) is 0. The molecule has 1 saturated heterocycles. The van der Waals surface area contributed by atoms with Gasteiger partial charge in [-0.25, -0.2) is 0 Å². The van der Waals surface area contributed by atoms with Crippen LogP contribution in [0.4, 0.5) is 8.78 Å². The predicted molar refractivity (Wildman–Crippen MR) is 70.9 cm³/mol. The first-order chi connectivity index (χ1) is 9.11. The van der Waals surface area contributed by atoms with E-state index in [-0.39, 0.29) is 17.2 Å². The molecule has 0 spiro atoms. The molecule has 1 aromatic rings. The Labute approximate surface area is 118 Å². The highest BCUT2D eigenvalue weighted by atomic mass is 79.9. The summed E-state index contributed by atoms with van der Waals surface area (Å²) in [5.41, 5.74) is 0.193. The highest BCUT2D eigenvalue weighted by Crippen LogP contribution is 2.25. The molecule has 1 amide bonds. The zero-order valence-electron chi connectivity index (χ0n) is 10.2. The molecule has 2 rings (SSSR count). The third kappa shape index (κ3) is 3.43. The molecular weight excluding hydrogens is 320 g/mol. The van der Waals surface area contributed by atoms with Crippen LogP contribution in [0.3, 0.4) is 0 Å². The number of halogens is 3. The van der Waals surface area contributed by atoms with Crippen LogP contribution in [0.25, 0.3) is 0 Å². The van der Waals surface area contributed by atoms with E-state index in [0.717, 1.165) is 11.8 Å². The van der Waals surface area contributed by atoms with Gasteiger partial charge in [0, 0.05) is 18.4 Å². The lowest BCUT2D eigenvalue weighted by Crippen LogP contribution is -2.29. The summed E-state index contributed by atoms with van der Waals surface area (Å²) in [5.74, 6) is 0.108. The average molecular weight is 334 g/mol. The highest BCUT2D eigenvalue weighted by Gasteiger charge is 2.28. The van der Waals surface area contributed by atoms with Gasteiger partial charge in [-0.15, -0.1) is 0 Å². The van der Waals surface area contributed by atoms with Crippen molar-refractivity contribution in [2.45, 2.75) is 13.0 Å². The quantitative estimate of drug-likeness (QED) is 0.792. The number of ether oxygens (including phenoxy) is 1. The van der Waals surface area contributed by atoms with Gasteiger partial charge in [0.2, 0.25) is 0 Å². The molecule has 0 radical (unpaired) electrons. The fraction of sp³-hybridized carbons (Fsp3) is 0.462. The summed E-state index contributed by atoms with van der Waals surface area (Å²) in [6, 6.07) is 6.11. The molecule has 104 valence electrons. The number of amides is 1. The van der Waals surface area contributed by atoms with E-state index in [2.05, 4.69) is 20.7 Å². The SMILES string of the molecule is O=C(c1ccccc1OC(F)F)N1CCC(CBr)C1. The first-order valence-corrected chi connectivity index (χ1v) is 7.13. The topological polar surface area (TPSA) is 29.5 Å². The minimum absolute atomic E-state index is 0.0650. The van der Waals surface area contributed by atoms with Crippen molar-refractivity contribution >= 4 is 21.8 Å². The van der Waals surface area contributed by atoms with Crippen LogP contribution < -0.4 is 4.74 Å². The standard InChI is InChI=1S/C13H14BrF2NO2/c14-7-9-5-6-17(8-9)12(18)10-3-1-2-4-11(10)19-13(15)16/h1-4,9,13H,5-8H2. The van der Waals surface area contributed by atoms with E-state index in [1.165, 1.54) is 12.1 Å². The van der Waals surface area contributed by atoms with Crippen molar-refractivity contribution in [3.8, 4) is 5.75 Å². The van der Waals surface area contributed by atoms with Crippen molar-refractivity contribution in [1.29, 1.82) is 0 Å². The van der Waals surface area contributed by atoms with E-state index in [1.54, 1.807) is 17.0 Å². The number of nitrogens with zero attached hydrogens (tertiary/aromatic N) is 1. The van der Waals surface area contributed by atoms with Gasteiger partial charge in [0.15, 0.2) is 0 Å². The summed E-state index contributed by atoms with van der Waals surface area (Å²) in [6.45, 7) is -1.63. The Bertz CT molecular complexity index is 456. The molecule has 0 aliphatic carbocycles. The molecule has 0 N–H and O–H groups in total. The van der Waals surface area contributed by atoms with Gasteiger partial charge >= 0.3 is 6.61 Å². The Morgan fingerprint density at radius 2 is 2.21 bits per heavy atom. The molecule has 0 saturated carbocycles. The monoisotopic (exact) mass is 333 g/mol. The summed E-state index contributed by atoms with van der Waals surface area (Å²) in [7, 11) is 0. The minimum atomic E-state index is -2.93. The second kappa shape index (κ2) is 6.32. The number of hydrogen-bond acceptors (Lipinski definition) is 2. The fourth-order valence-corrected chi connectivity index (χ4v) is 2.68. The van der Waals surface area contributed by atoms with E-state index in [0.29, 0.717) is 19.0 Å². The van der Waals surface area contributed by atoms with Crippen LogP contribution in [0.15, 0.2) is 24.3 Å². The Kier molecular flexibility index (Phi) is 4.74. The maximum Gasteiger partial charge on any atom is 0.387 e. The molecule has 6 heteroatoms. The third-order valence-electron chi connectivity index (χ3n) is 3.12. The normalized spacial score (nSPS) is 18.9. The maximum absolute atomic E-state index is 12.3. The molecule has 1 aliphatic heterocycles. The van der Waals surface area contributed by atoms with Gasteiger partial charge in [-0.3, -0.25) is 4.79 Å². The van der Waals surface area contributed by atoms with Gasteiger partial charge < -0.3 is 9.64 Å². The molecule has 1 aromatic carbocycles. The van der Waals surface area contributed by atoms with Crippen molar-refractivity contribution in [1.82, 2.24) is 4.90 Å². The lowest BCUT2D eigenvalue weighted by Gasteiger charge is -2.18. The van der Waals surface area contributed by atoms with Crippen LogP contribution in [0, 0.1) is 5.92 Å². The van der Waals surface area contributed by atoms with Crippen LogP contribution in [-0.2, 0) is 0 Å². The first kappa shape index (κ1) is 14.2. The highest BCUT2D eigenvalue weighted by molar-refractivity contribution is 9.09. The van der Waals surface area contributed by atoms with Gasteiger partial charge in [0.05, 0.1) is 5.56 Å². The number of para-hydroxylation sites is 1. The van der Waals surface area contributed by atoms with Crippen LogP contribution >= 0.6 is 15.9 Å². The predicted octanol–water partition coefficient (Wildman–Crippen LogP) is 3.15. The summed E-state index contributed by atoms with van der Waals surface area (Å²) < 4.78 is 29.0. The molecular formula is C13H14BrF2NO2. The second-order valence-electron chi connectivity index (χ2n) is 4.43. The zero-order valence-corrected chi connectivity index (χ0v) is 11.8. The number of carbonyl (C=O) groups is 1. The molecule has 1 aliphatic rings. The number of likely N-dealkylation sites (tertiary alicyclic amines) is 1. The van der Waals surface area contributed by atoms with E-state index in [4.69, 9.17) is 0 Å². The van der Waals surface area contributed by atoms with Crippen LogP contribution in [0.2, 0.25) is 0 Å². The number of carbonyl (C=O) groups excluding carboxylic acids is 1. The van der Waals surface area contributed by atoms with E-state index in [9.17, 15) is 13.6 Å². The van der Waals surface area contributed by atoms with Gasteiger partial charge in [-0.2, -0.15) is 8.78 Å². The Balaban J connectivity index is 2.15. The molecule has 1 heterocycles. The molecule has 1 fully saturated rings. The second-order valence-corrected chi connectivity index (χ2v) is 5.08. The minimum Gasteiger partial charge on any atom is -0.434 e. The molecule has 19 heavy (non-hydrogen) atoms. The molecule has 0 aromatic heterocycles. The Morgan fingerprint density at radius 3 is 2.84 bits per heavy atom. The zero-order chi connectivity index (χ0) is 13.8. The first-order valence-electron chi connectivity index (χ1n) is 6.01. The van der Waals surface area contributed by atoms with Crippen LogP contribution in [-0.4, -0.2) is 35.8 Å². The van der Waals surface area contributed by atoms with Crippen molar-refractivity contribution < 1.29 is 18.3 Å². The van der Waals surface area contributed by atoms with Gasteiger partial charge in [0.25, 0.3) is 5.91 Å². The largest absolute Gasteiger partial charge is 0.434 e. The molecule has 0 bridgehead atoms. The van der Waals surface area contributed by atoms with Crippen molar-refractivity contribution in [2.75, 3.05) is 18.4 Å².